The summed E-state index contributed by atoms with van der Waals surface area (Å²) >= 11 is 0. The monoisotopic (exact) mass is 667 g/mol. The van der Waals surface area contributed by atoms with Gasteiger partial charge >= 0.3 is 24.3 Å². The summed E-state index contributed by atoms with van der Waals surface area (Å²) in [6, 6.07) is 3.81. The van der Waals surface area contributed by atoms with E-state index >= 15 is 0 Å². The van der Waals surface area contributed by atoms with Gasteiger partial charge in [-0.05, 0) is 75.3 Å². The van der Waals surface area contributed by atoms with Crippen LogP contribution in [0.1, 0.15) is 77.3 Å². The molecule has 1 unspecified atom stereocenters. The van der Waals surface area contributed by atoms with Crippen LogP contribution in [-0.4, -0.2) is 68.9 Å². The Hall–Kier alpha value is -3.91. The van der Waals surface area contributed by atoms with E-state index in [1.165, 1.54) is 20.1 Å². The highest BCUT2D eigenvalue weighted by molar-refractivity contribution is 5.89. The highest BCUT2D eigenvalue weighted by atomic mass is 19.4. The molecule has 1 aliphatic heterocycles. The van der Waals surface area contributed by atoms with Crippen molar-refractivity contribution in [3.05, 3.63) is 46.8 Å². The molecule has 1 heterocycles. The predicted molar refractivity (Wildman–Crippen MR) is 160 cm³/mol. The fraction of sp³-hybridized carbons (Fsp3) is 0.581. The van der Waals surface area contributed by atoms with Crippen molar-refractivity contribution >= 4 is 23.5 Å². The van der Waals surface area contributed by atoms with Gasteiger partial charge < -0.3 is 29.6 Å². The third-order valence-electron chi connectivity index (χ3n) is 6.73. The first-order valence-corrected chi connectivity index (χ1v) is 14.7. The van der Waals surface area contributed by atoms with Crippen LogP contribution >= 0.6 is 0 Å². The molecule has 1 aliphatic rings. The SMILES string of the molecule is CC/C=C(\N)N1CCCC1C(=NC(=C(C)CC)c1ccc(OCCCCOC(C)=O)c(C(F)(F)F)c1)OC.COC(=O)C(F)(F)F. The van der Waals surface area contributed by atoms with Crippen LogP contribution in [0.2, 0.25) is 0 Å². The lowest BCUT2D eigenvalue weighted by Gasteiger charge is -2.27. The van der Waals surface area contributed by atoms with Crippen LogP contribution < -0.4 is 10.5 Å². The van der Waals surface area contributed by atoms with Gasteiger partial charge in [0.15, 0.2) is 0 Å². The fourth-order valence-corrected chi connectivity index (χ4v) is 4.34. The van der Waals surface area contributed by atoms with Gasteiger partial charge in [0.25, 0.3) is 0 Å². The smallest absolute Gasteiger partial charge is 0.490 e. The summed E-state index contributed by atoms with van der Waals surface area (Å²) in [6.45, 7) is 8.11. The molecule has 0 aliphatic carbocycles. The molecule has 1 saturated heterocycles. The average molecular weight is 668 g/mol. The Morgan fingerprint density at radius 2 is 1.70 bits per heavy atom. The molecule has 15 heteroatoms. The molecule has 2 rings (SSSR count). The van der Waals surface area contributed by atoms with E-state index in [9.17, 15) is 35.9 Å². The highest BCUT2D eigenvalue weighted by Gasteiger charge is 2.40. The molecule has 260 valence electrons. The summed E-state index contributed by atoms with van der Waals surface area (Å²) in [7, 11) is 2.20. The number of allylic oxidation sites excluding steroid dienone is 2. The number of nitrogens with two attached hydrogens (primary N) is 1. The molecule has 1 atom stereocenters. The van der Waals surface area contributed by atoms with Gasteiger partial charge in [-0.3, -0.25) is 4.79 Å². The van der Waals surface area contributed by atoms with Gasteiger partial charge in [-0.2, -0.15) is 26.3 Å². The number of unbranched alkanes of at least 4 members (excludes halogenated alkanes) is 1. The van der Waals surface area contributed by atoms with E-state index in [2.05, 4.69) is 4.74 Å². The normalized spacial score (nSPS) is 16.3. The third-order valence-corrected chi connectivity index (χ3v) is 6.73. The number of alkyl halides is 6. The maximum absolute atomic E-state index is 14.0. The molecular weight excluding hydrogens is 624 g/mol. The molecule has 46 heavy (non-hydrogen) atoms. The lowest BCUT2D eigenvalue weighted by atomic mass is 10.0. The van der Waals surface area contributed by atoms with Crippen LogP contribution in [0.15, 0.2) is 40.7 Å². The van der Waals surface area contributed by atoms with Crippen LogP contribution in [0.25, 0.3) is 5.70 Å². The molecule has 1 aromatic rings. The second-order valence-corrected chi connectivity index (χ2v) is 10.1. The van der Waals surface area contributed by atoms with Crippen LogP contribution in [-0.2, 0) is 30.0 Å². The Morgan fingerprint density at radius 1 is 1.04 bits per heavy atom. The van der Waals surface area contributed by atoms with Crippen molar-refractivity contribution in [2.24, 2.45) is 10.7 Å². The van der Waals surface area contributed by atoms with Crippen molar-refractivity contribution in [3.8, 4) is 5.75 Å². The van der Waals surface area contributed by atoms with E-state index in [-0.39, 0.29) is 25.0 Å². The van der Waals surface area contributed by atoms with E-state index in [0.29, 0.717) is 49.4 Å². The average Bonchev–Trinajstić information content (AvgIpc) is 3.48. The summed E-state index contributed by atoms with van der Waals surface area (Å²) in [5.74, 6) is -1.76. The van der Waals surface area contributed by atoms with Gasteiger partial charge in [0.1, 0.15) is 11.8 Å². The zero-order valence-electron chi connectivity index (χ0n) is 26.9. The van der Waals surface area contributed by atoms with Gasteiger partial charge in [0, 0.05) is 19.0 Å². The minimum atomic E-state index is -4.85. The standard InChI is InChI=1S/C28H40F3N3O4.C3H3F3O2/c1-6-11-25(32)34-15-10-12-23(34)27(36-5)33-26(19(3)7-2)21-13-14-24(22(18-21)28(29,30)31)38-17-9-8-16-37-20(4)35;1-8-2(7)3(4,5)6/h11,13-14,18,23H,6-10,12,15-17,32H2,1-5H3;1H3/b25-11+,26-19?,33-27?;. The number of carbonyl (C=O) groups excluding carboxylic acids is 2. The first-order valence-electron chi connectivity index (χ1n) is 14.7. The third kappa shape index (κ3) is 12.8. The number of ether oxygens (including phenoxy) is 4. The van der Waals surface area contributed by atoms with Crippen molar-refractivity contribution in [2.45, 2.75) is 84.6 Å². The predicted octanol–water partition coefficient (Wildman–Crippen LogP) is 7.01. The number of aliphatic imine (C=N–C) groups is 1. The minimum Gasteiger partial charge on any atom is -0.493 e. The van der Waals surface area contributed by atoms with Crippen LogP contribution in [0.4, 0.5) is 26.3 Å². The Balaban J connectivity index is 0.00000116. The number of carbonyl (C=O) groups is 2. The highest BCUT2D eigenvalue weighted by Crippen LogP contribution is 2.39. The molecule has 0 saturated carbocycles. The number of hydrogen-bond acceptors (Lipinski definition) is 9. The second kappa shape index (κ2) is 18.9. The minimum absolute atomic E-state index is 0.0660. The number of hydrogen-bond donors (Lipinski definition) is 1. The molecule has 2 N–H and O–H groups in total. The van der Waals surface area contributed by atoms with Crippen molar-refractivity contribution in [1.82, 2.24) is 4.90 Å². The van der Waals surface area contributed by atoms with Gasteiger partial charge in [-0.25, -0.2) is 9.79 Å². The Kier molecular flexibility index (Phi) is 16.5. The van der Waals surface area contributed by atoms with Crippen LogP contribution in [0.5, 0.6) is 5.75 Å². The first-order chi connectivity index (χ1) is 21.5. The molecule has 1 fully saturated rings. The number of esters is 2. The molecule has 0 aromatic heterocycles. The number of halogens is 6. The number of rotatable bonds is 12. The molecule has 0 bridgehead atoms. The van der Waals surface area contributed by atoms with Crippen LogP contribution in [0, 0.1) is 0 Å². The van der Waals surface area contributed by atoms with Crippen LogP contribution in [0.3, 0.4) is 0 Å². The molecular formula is C31H43F6N3O6. The number of benzene rings is 1. The summed E-state index contributed by atoms with van der Waals surface area (Å²) in [6.07, 6.45) is -3.53. The van der Waals surface area contributed by atoms with Crippen molar-refractivity contribution in [2.75, 3.05) is 34.0 Å². The number of methoxy groups -OCH3 is 2. The van der Waals surface area contributed by atoms with Gasteiger partial charge in [0.05, 0.1) is 44.5 Å². The zero-order chi connectivity index (χ0) is 35.1. The summed E-state index contributed by atoms with van der Waals surface area (Å²) < 4.78 is 94.4. The van der Waals surface area contributed by atoms with Gasteiger partial charge in [-0.1, -0.05) is 13.8 Å². The van der Waals surface area contributed by atoms with E-state index in [1.54, 1.807) is 6.07 Å². The maximum atomic E-state index is 14.0. The lowest BCUT2D eigenvalue weighted by molar-refractivity contribution is -0.196. The summed E-state index contributed by atoms with van der Waals surface area (Å²) in [5, 5.41) is 0. The zero-order valence-corrected chi connectivity index (χ0v) is 26.9. The molecule has 0 radical (unpaired) electrons. The second-order valence-electron chi connectivity index (χ2n) is 10.1. The Bertz CT molecular complexity index is 1240. The quantitative estimate of drug-likeness (QED) is 0.0833. The number of nitrogens with zero attached hydrogens (tertiary/aromatic N) is 2. The molecule has 0 amide bonds. The fourth-order valence-electron chi connectivity index (χ4n) is 4.34. The summed E-state index contributed by atoms with van der Waals surface area (Å²) in [4.78, 5) is 27.1. The van der Waals surface area contributed by atoms with Gasteiger partial charge in [-0.15, -0.1) is 0 Å². The Morgan fingerprint density at radius 3 is 2.20 bits per heavy atom. The lowest BCUT2D eigenvalue weighted by Crippen LogP contribution is -2.39. The molecule has 9 nitrogen and oxygen atoms in total. The van der Waals surface area contributed by atoms with E-state index in [1.807, 2.05) is 31.7 Å². The van der Waals surface area contributed by atoms with E-state index in [0.717, 1.165) is 37.4 Å². The van der Waals surface area contributed by atoms with E-state index < -0.39 is 29.9 Å². The van der Waals surface area contributed by atoms with Gasteiger partial charge in [0.2, 0.25) is 5.90 Å². The van der Waals surface area contributed by atoms with Crippen molar-refractivity contribution < 1.29 is 54.9 Å². The Labute approximate surface area is 265 Å². The van der Waals surface area contributed by atoms with Crippen molar-refractivity contribution in [1.29, 1.82) is 0 Å². The van der Waals surface area contributed by atoms with Crippen molar-refractivity contribution in [3.63, 3.8) is 0 Å². The largest absolute Gasteiger partial charge is 0.493 e. The maximum Gasteiger partial charge on any atom is 0.490 e. The molecule has 0 spiro atoms. The molecule has 1 aromatic carbocycles. The number of likely N-dealkylation sites (tertiary alicyclic amines) is 1. The topological polar surface area (TPSA) is 113 Å². The van der Waals surface area contributed by atoms with E-state index in [4.69, 9.17) is 24.9 Å². The summed E-state index contributed by atoms with van der Waals surface area (Å²) in [5.41, 5.74) is 6.99. The first kappa shape index (κ1) is 40.1.